The van der Waals surface area contributed by atoms with E-state index < -0.39 is 15.9 Å². The van der Waals surface area contributed by atoms with Crippen molar-refractivity contribution in [2.24, 2.45) is 0 Å². The Balaban J connectivity index is 2.04. The number of rotatable bonds is 4. The summed E-state index contributed by atoms with van der Waals surface area (Å²) >= 11 is 0. The first-order chi connectivity index (χ1) is 9.97. The molecule has 0 atom stereocenters. The number of hydrogen-bond donors (Lipinski definition) is 2. The molecular weight excluding hydrogens is 290 g/mol. The molecule has 2 amide bonds. The van der Waals surface area contributed by atoms with Crippen LogP contribution in [0.4, 0.5) is 10.5 Å². The number of nitrogens with one attached hydrogen (secondary N) is 2. The van der Waals surface area contributed by atoms with Crippen LogP contribution in [0.1, 0.15) is 5.56 Å². The second kappa shape index (κ2) is 6.36. The summed E-state index contributed by atoms with van der Waals surface area (Å²) < 4.78 is 23.3. The van der Waals surface area contributed by atoms with Crippen molar-refractivity contribution in [1.29, 1.82) is 0 Å². The number of sulfone groups is 1. The SMILES string of the molecule is CS(=O)(=O)c1ccccc1NC(=O)NCc1cccnc1. The van der Waals surface area contributed by atoms with Gasteiger partial charge in [0, 0.05) is 25.2 Å². The topological polar surface area (TPSA) is 88.2 Å². The first-order valence-electron chi connectivity index (χ1n) is 6.19. The summed E-state index contributed by atoms with van der Waals surface area (Å²) in [7, 11) is -3.40. The zero-order chi connectivity index (χ0) is 15.3. The van der Waals surface area contributed by atoms with Crippen molar-refractivity contribution >= 4 is 21.6 Å². The molecule has 1 aromatic carbocycles. The number of carbonyl (C=O) groups is 1. The summed E-state index contributed by atoms with van der Waals surface area (Å²) in [6, 6.07) is 9.38. The molecule has 2 N–H and O–H groups in total. The van der Waals surface area contributed by atoms with Gasteiger partial charge < -0.3 is 10.6 Å². The number of urea groups is 1. The van der Waals surface area contributed by atoms with Gasteiger partial charge in [0.1, 0.15) is 0 Å². The number of nitrogens with zero attached hydrogens (tertiary/aromatic N) is 1. The van der Waals surface area contributed by atoms with Crippen LogP contribution < -0.4 is 10.6 Å². The molecule has 0 spiro atoms. The Labute approximate surface area is 123 Å². The summed E-state index contributed by atoms with van der Waals surface area (Å²) in [6.45, 7) is 0.306. The number of pyridine rings is 1. The highest BCUT2D eigenvalue weighted by atomic mass is 32.2. The smallest absolute Gasteiger partial charge is 0.319 e. The van der Waals surface area contributed by atoms with E-state index in [1.807, 2.05) is 6.07 Å². The number of amides is 2. The van der Waals surface area contributed by atoms with Gasteiger partial charge in [0.05, 0.1) is 10.6 Å². The van der Waals surface area contributed by atoms with E-state index in [4.69, 9.17) is 0 Å². The molecule has 1 heterocycles. The predicted molar refractivity (Wildman–Crippen MR) is 79.6 cm³/mol. The summed E-state index contributed by atoms with van der Waals surface area (Å²) in [5.74, 6) is 0. The normalized spacial score (nSPS) is 10.9. The third kappa shape index (κ3) is 4.28. The highest BCUT2D eigenvalue weighted by molar-refractivity contribution is 7.90. The molecular formula is C14H15N3O3S. The van der Waals surface area contributed by atoms with Gasteiger partial charge in [-0.3, -0.25) is 4.98 Å². The molecule has 0 fully saturated rings. The lowest BCUT2D eigenvalue weighted by molar-refractivity contribution is 0.251. The average Bonchev–Trinajstić information content (AvgIpc) is 2.46. The largest absolute Gasteiger partial charge is 0.334 e. The Morgan fingerprint density at radius 2 is 1.95 bits per heavy atom. The maximum absolute atomic E-state index is 11.8. The number of hydrogen-bond acceptors (Lipinski definition) is 4. The fourth-order valence-electron chi connectivity index (χ4n) is 1.74. The maximum atomic E-state index is 11.8. The molecule has 2 aromatic rings. The zero-order valence-electron chi connectivity index (χ0n) is 11.4. The van der Waals surface area contributed by atoms with Crippen molar-refractivity contribution in [3.05, 3.63) is 54.4 Å². The van der Waals surface area contributed by atoms with E-state index in [9.17, 15) is 13.2 Å². The number of aromatic nitrogens is 1. The summed E-state index contributed by atoms with van der Waals surface area (Å²) in [5, 5.41) is 5.18. The van der Waals surface area contributed by atoms with Crippen LogP contribution in [0.25, 0.3) is 0 Å². The van der Waals surface area contributed by atoms with E-state index >= 15 is 0 Å². The Hall–Kier alpha value is -2.41. The monoisotopic (exact) mass is 305 g/mol. The third-order valence-electron chi connectivity index (χ3n) is 2.71. The van der Waals surface area contributed by atoms with Crippen molar-refractivity contribution in [2.45, 2.75) is 11.4 Å². The minimum atomic E-state index is -3.40. The van der Waals surface area contributed by atoms with Crippen LogP contribution in [0.2, 0.25) is 0 Å². The van der Waals surface area contributed by atoms with E-state index in [0.29, 0.717) is 6.54 Å². The van der Waals surface area contributed by atoms with Gasteiger partial charge in [-0.1, -0.05) is 18.2 Å². The van der Waals surface area contributed by atoms with E-state index in [0.717, 1.165) is 11.8 Å². The molecule has 2 rings (SSSR count). The van der Waals surface area contributed by atoms with Crippen LogP contribution in [-0.4, -0.2) is 25.7 Å². The molecule has 110 valence electrons. The fraction of sp³-hybridized carbons (Fsp3) is 0.143. The number of para-hydroxylation sites is 1. The lowest BCUT2D eigenvalue weighted by Gasteiger charge is -2.10. The molecule has 0 bridgehead atoms. The van der Waals surface area contributed by atoms with Crippen molar-refractivity contribution < 1.29 is 13.2 Å². The van der Waals surface area contributed by atoms with Crippen LogP contribution in [0.15, 0.2) is 53.7 Å². The van der Waals surface area contributed by atoms with Crippen molar-refractivity contribution in [3.8, 4) is 0 Å². The number of carbonyl (C=O) groups excluding carboxylic acids is 1. The van der Waals surface area contributed by atoms with Crippen LogP contribution in [0.3, 0.4) is 0 Å². The molecule has 0 unspecified atom stereocenters. The molecule has 0 saturated carbocycles. The van der Waals surface area contributed by atoms with E-state index in [2.05, 4.69) is 15.6 Å². The van der Waals surface area contributed by atoms with Crippen LogP contribution in [0, 0.1) is 0 Å². The van der Waals surface area contributed by atoms with Gasteiger partial charge in [0.2, 0.25) is 0 Å². The summed E-state index contributed by atoms with van der Waals surface area (Å²) in [6.07, 6.45) is 4.39. The molecule has 0 saturated heterocycles. The predicted octanol–water partition coefficient (Wildman–Crippen LogP) is 1.81. The van der Waals surface area contributed by atoms with E-state index in [-0.39, 0.29) is 10.6 Å². The van der Waals surface area contributed by atoms with Gasteiger partial charge in [0.25, 0.3) is 0 Å². The molecule has 1 aromatic heterocycles. The van der Waals surface area contributed by atoms with Crippen LogP contribution in [0.5, 0.6) is 0 Å². The molecule has 0 aliphatic rings. The second-order valence-corrected chi connectivity index (χ2v) is 6.42. The Morgan fingerprint density at radius 3 is 2.62 bits per heavy atom. The van der Waals surface area contributed by atoms with Gasteiger partial charge >= 0.3 is 6.03 Å². The lowest BCUT2D eigenvalue weighted by Crippen LogP contribution is -2.28. The van der Waals surface area contributed by atoms with Crippen molar-refractivity contribution in [2.75, 3.05) is 11.6 Å². The van der Waals surface area contributed by atoms with Gasteiger partial charge in [-0.15, -0.1) is 0 Å². The van der Waals surface area contributed by atoms with Gasteiger partial charge in [-0.2, -0.15) is 0 Å². The van der Waals surface area contributed by atoms with Crippen molar-refractivity contribution in [1.82, 2.24) is 10.3 Å². The number of anilines is 1. The third-order valence-corrected chi connectivity index (χ3v) is 3.87. The zero-order valence-corrected chi connectivity index (χ0v) is 12.2. The van der Waals surface area contributed by atoms with E-state index in [1.165, 1.54) is 6.07 Å². The molecule has 0 radical (unpaired) electrons. The van der Waals surface area contributed by atoms with Gasteiger partial charge in [-0.05, 0) is 23.8 Å². The Kier molecular flexibility index (Phi) is 4.54. The summed E-state index contributed by atoms with van der Waals surface area (Å²) in [4.78, 5) is 15.9. The highest BCUT2D eigenvalue weighted by Crippen LogP contribution is 2.20. The van der Waals surface area contributed by atoms with Crippen LogP contribution in [-0.2, 0) is 16.4 Å². The Morgan fingerprint density at radius 1 is 1.19 bits per heavy atom. The Bertz CT molecular complexity index is 730. The van der Waals surface area contributed by atoms with Crippen LogP contribution >= 0.6 is 0 Å². The maximum Gasteiger partial charge on any atom is 0.319 e. The van der Waals surface area contributed by atoms with E-state index in [1.54, 1.807) is 36.7 Å². The second-order valence-electron chi connectivity index (χ2n) is 4.44. The molecule has 21 heavy (non-hydrogen) atoms. The van der Waals surface area contributed by atoms with Gasteiger partial charge in [-0.25, -0.2) is 13.2 Å². The first kappa shape index (κ1) is 15.0. The lowest BCUT2D eigenvalue weighted by atomic mass is 10.3. The standard InChI is InChI=1S/C14H15N3O3S/c1-21(19,20)13-7-3-2-6-12(13)17-14(18)16-10-11-5-4-8-15-9-11/h2-9H,10H2,1H3,(H2,16,17,18). The van der Waals surface area contributed by atoms with Gasteiger partial charge in [0.15, 0.2) is 9.84 Å². The minimum Gasteiger partial charge on any atom is -0.334 e. The quantitative estimate of drug-likeness (QED) is 0.901. The van der Waals surface area contributed by atoms with Crippen molar-refractivity contribution in [3.63, 3.8) is 0 Å². The summed E-state index contributed by atoms with van der Waals surface area (Å²) in [5.41, 5.74) is 1.10. The fourth-order valence-corrected chi connectivity index (χ4v) is 2.59. The molecule has 0 aliphatic carbocycles. The minimum absolute atomic E-state index is 0.0847. The highest BCUT2D eigenvalue weighted by Gasteiger charge is 2.14. The molecule has 7 heteroatoms. The first-order valence-corrected chi connectivity index (χ1v) is 8.09. The number of benzene rings is 1. The average molecular weight is 305 g/mol. The molecule has 6 nitrogen and oxygen atoms in total. The molecule has 0 aliphatic heterocycles.